The third-order valence-corrected chi connectivity index (χ3v) is 1.79. The number of ether oxygens (including phenoxy) is 2. The fraction of sp³-hybridized carbons (Fsp3) is 0.333. The molecule has 1 aromatic rings. The van der Waals surface area contributed by atoms with Crippen LogP contribution in [0, 0.1) is 0 Å². The molecule has 1 aromatic carbocycles. The molecule has 1 rings (SSSR count). The maximum Gasteiger partial charge on any atom is 0.334 e. The van der Waals surface area contributed by atoms with E-state index in [-0.39, 0.29) is 19.8 Å². The fourth-order valence-corrected chi connectivity index (χ4v) is 1.07. The second-order valence-corrected chi connectivity index (χ2v) is 3.22. The van der Waals surface area contributed by atoms with Gasteiger partial charge in [0.1, 0.15) is 5.75 Å². The Morgan fingerprint density at radius 3 is 2.56 bits per heavy atom. The molecule has 0 saturated carbocycles. The van der Waals surface area contributed by atoms with Crippen LogP contribution in [0.3, 0.4) is 0 Å². The van der Waals surface area contributed by atoms with Crippen LogP contribution in [0.1, 0.15) is 6.92 Å². The molecule has 0 aliphatic carbocycles. The Labute approximate surface area is 105 Å². The van der Waals surface area contributed by atoms with Crippen LogP contribution in [0.25, 0.3) is 0 Å². The lowest BCUT2D eigenvalue weighted by atomic mass is 10.3. The number of rotatable bonds is 7. The van der Waals surface area contributed by atoms with Gasteiger partial charge in [0.05, 0.1) is 6.61 Å². The van der Waals surface area contributed by atoms with E-state index in [1.54, 1.807) is 31.2 Å². The van der Waals surface area contributed by atoms with Gasteiger partial charge in [-0.05, 0) is 19.1 Å². The molecule has 0 saturated heterocycles. The summed E-state index contributed by atoms with van der Waals surface area (Å²) in [5, 5.41) is 0. The molecule has 0 heterocycles. The quantitative estimate of drug-likeness (QED) is 0.571. The molecule has 0 aliphatic heterocycles. The second kappa shape index (κ2) is 8.08. The van der Waals surface area contributed by atoms with Crippen LogP contribution in [0.2, 0.25) is 0 Å². The van der Waals surface area contributed by atoms with Crippen molar-refractivity contribution in [2.24, 2.45) is 0 Å². The summed E-state index contributed by atoms with van der Waals surface area (Å²) < 4.78 is 9.77. The van der Waals surface area contributed by atoms with Crippen molar-refractivity contribution in [3.05, 3.63) is 30.3 Å². The summed E-state index contributed by atoms with van der Waals surface area (Å²) in [6.45, 7) is 1.44. The number of carbonyl (C=O) groups is 2. The van der Waals surface area contributed by atoms with Gasteiger partial charge in [-0.1, -0.05) is 18.2 Å². The van der Waals surface area contributed by atoms with Gasteiger partial charge < -0.3 is 9.47 Å². The van der Waals surface area contributed by atoms with Crippen LogP contribution in [-0.4, -0.2) is 31.7 Å². The Morgan fingerprint density at radius 2 is 1.89 bits per heavy atom. The van der Waals surface area contributed by atoms with Gasteiger partial charge >= 0.3 is 5.97 Å². The van der Waals surface area contributed by atoms with Crippen LogP contribution in [0.15, 0.2) is 30.3 Å². The number of benzene rings is 1. The predicted molar refractivity (Wildman–Crippen MR) is 62.7 cm³/mol. The molecular formula is C12H15NO5. The number of hydrogen-bond acceptors (Lipinski definition) is 5. The smallest absolute Gasteiger partial charge is 0.334 e. The van der Waals surface area contributed by atoms with Gasteiger partial charge in [-0.25, -0.2) is 10.3 Å². The van der Waals surface area contributed by atoms with Gasteiger partial charge in [0.2, 0.25) is 0 Å². The van der Waals surface area contributed by atoms with Crippen molar-refractivity contribution in [1.29, 1.82) is 0 Å². The molecule has 0 radical (unpaired) electrons. The summed E-state index contributed by atoms with van der Waals surface area (Å²) in [6, 6.07) is 8.89. The van der Waals surface area contributed by atoms with Crippen molar-refractivity contribution in [2.75, 3.05) is 19.8 Å². The van der Waals surface area contributed by atoms with Crippen LogP contribution in [0.5, 0.6) is 5.75 Å². The molecule has 0 unspecified atom stereocenters. The van der Waals surface area contributed by atoms with Crippen LogP contribution in [0.4, 0.5) is 0 Å². The highest BCUT2D eigenvalue weighted by Gasteiger charge is 2.05. The highest BCUT2D eigenvalue weighted by molar-refractivity contribution is 5.77. The van der Waals surface area contributed by atoms with E-state index in [0.717, 1.165) is 0 Å². The molecule has 1 N–H and O–H groups in total. The molecule has 1 amide bonds. The number of hydrogen-bond donors (Lipinski definition) is 1. The van der Waals surface area contributed by atoms with E-state index in [2.05, 4.69) is 15.1 Å². The zero-order valence-electron chi connectivity index (χ0n) is 10.0. The first-order valence-corrected chi connectivity index (χ1v) is 5.46. The Morgan fingerprint density at radius 1 is 1.17 bits per heavy atom. The van der Waals surface area contributed by atoms with Crippen molar-refractivity contribution in [2.45, 2.75) is 6.92 Å². The molecule has 0 atom stereocenters. The van der Waals surface area contributed by atoms with Gasteiger partial charge in [-0.3, -0.25) is 9.63 Å². The minimum atomic E-state index is -0.540. The molecular weight excluding hydrogens is 238 g/mol. The average molecular weight is 253 g/mol. The Balaban J connectivity index is 2.13. The largest absolute Gasteiger partial charge is 0.484 e. The van der Waals surface area contributed by atoms with Crippen molar-refractivity contribution >= 4 is 11.9 Å². The van der Waals surface area contributed by atoms with Gasteiger partial charge in [0, 0.05) is 0 Å². The van der Waals surface area contributed by atoms with E-state index in [1.807, 2.05) is 6.07 Å². The summed E-state index contributed by atoms with van der Waals surface area (Å²) in [5.74, 6) is -0.442. The van der Waals surface area contributed by atoms with Crippen molar-refractivity contribution < 1.29 is 23.9 Å². The highest BCUT2D eigenvalue weighted by atomic mass is 16.7. The lowest BCUT2D eigenvalue weighted by Gasteiger charge is -2.07. The first-order chi connectivity index (χ1) is 8.72. The van der Waals surface area contributed by atoms with Crippen molar-refractivity contribution in [3.8, 4) is 5.75 Å². The van der Waals surface area contributed by atoms with E-state index in [1.165, 1.54) is 0 Å². The van der Waals surface area contributed by atoms with E-state index in [4.69, 9.17) is 4.74 Å². The average Bonchev–Trinajstić information content (AvgIpc) is 2.38. The molecule has 6 nitrogen and oxygen atoms in total. The van der Waals surface area contributed by atoms with Gasteiger partial charge in [0.25, 0.3) is 5.91 Å². The molecule has 0 fully saturated rings. The Kier molecular flexibility index (Phi) is 6.27. The summed E-state index contributed by atoms with van der Waals surface area (Å²) in [6.07, 6.45) is 0. The normalized spacial score (nSPS) is 9.61. The molecule has 0 bridgehead atoms. The van der Waals surface area contributed by atoms with E-state index in [9.17, 15) is 9.59 Å². The first-order valence-electron chi connectivity index (χ1n) is 5.46. The highest BCUT2D eigenvalue weighted by Crippen LogP contribution is 2.07. The zero-order valence-corrected chi connectivity index (χ0v) is 10.0. The maximum absolute atomic E-state index is 11.2. The zero-order chi connectivity index (χ0) is 13.2. The van der Waals surface area contributed by atoms with Crippen LogP contribution in [-0.2, 0) is 19.2 Å². The van der Waals surface area contributed by atoms with Crippen molar-refractivity contribution in [1.82, 2.24) is 5.48 Å². The lowest BCUT2D eigenvalue weighted by molar-refractivity contribution is -0.154. The molecule has 18 heavy (non-hydrogen) atoms. The van der Waals surface area contributed by atoms with Crippen LogP contribution < -0.4 is 10.2 Å². The minimum Gasteiger partial charge on any atom is -0.484 e. The predicted octanol–water partition coefficient (Wildman–Crippen LogP) is 0.676. The molecule has 0 aliphatic rings. The molecule has 0 aromatic heterocycles. The van der Waals surface area contributed by atoms with Crippen molar-refractivity contribution in [3.63, 3.8) is 0 Å². The lowest BCUT2D eigenvalue weighted by Crippen LogP contribution is -2.31. The Bertz CT molecular complexity index is 379. The third kappa shape index (κ3) is 5.86. The number of carbonyl (C=O) groups excluding carboxylic acids is 2. The number of nitrogens with one attached hydrogen (secondary N) is 1. The minimum absolute atomic E-state index is 0.188. The Hall–Kier alpha value is -2.08. The first kappa shape index (κ1) is 14.0. The summed E-state index contributed by atoms with van der Waals surface area (Å²) in [7, 11) is 0. The molecule has 0 spiro atoms. The number of hydroxylamine groups is 1. The summed E-state index contributed by atoms with van der Waals surface area (Å²) in [4.78, 5) is 26.8. The SMILES string of the molecule is CCOC(=O)CONC(=O)COc1ccccc1. The van der Waals surface area contributed by atoms with Gasteiger partial charge in [-0.2, -0.15) is 0 Å². The summed E-state index contributed by atoms with van der Waals surface area (Å²) in [5.41, 5.74) is 2.08. The molecule has 6 heteroatoms. The number of para-hydroxylation sites is 1. The summed E-state index contributed by atoms with van der Waals surface area (Å²) >= 11 is 0. The maximum atomic E-state index is 11.2. The van der Waals surface area contributed by atoms with Gasteiger partial charge in [0.15, 0.2) is 13.2 Å². The van der Waals surface area contributed by atoms with E-state index < -0.39 is 11.9 Å². The van der Waals surface area contributed by atoms with E-state index in [0.29, 0.717) is 5.75 Å². The van der Waals surface area contributed by atoms with Gasteiger partial charge in [-0.15, -0.1) is 0 Å². The number of amides is 1. The topological polar surface area (TPSA) is 73.9 Å². The van der Waals surface area contributed by atoms with Crippen LogP contribution >= 0.6 is 0 Å². The molecule has 98 valence electrons. The standard InChI is InChI=1S/C12H15NO5/c1-2-16-12(15)9-18-13-11(14)8-17-10-6-4-3-5-7-10/h3-7H,2,8-9H2,1H3,(H,13,14). The van der Waals surface area contributed by atoms with E-state index >= 15 is 0 Å². The fourth-order valence-electron chi connectivity index (χ4n) is 1.07. The monoisotopic (exact) mass is 253 g/mol. The third-order valence-electron chi connectivity index (χ3n) is 1.79. The number of esters is 1. The second-order valence-electron chi connectivity index (χ2n) is 3.22.